The quantitative estimate of drug-likeness (QED) is 0.414. The Balaban J connectivity index is 1.57. The van der Waals surface area contributed by atoms with Crippen molar-refractivity contribution in [2.45, 2.75) is 16.2 Å². The summed E-state index contributed by atoms with van der Waals surface area (Å²) in [7, 11) is 0. The van der Waals surface area contributed by atoms with Gasteiger partial charge in [-0.3, -0.25) is 14.4 Å². The zero-order chi connectivity index (χ0) is 23.7. The van der Waals surface area contributed by atoms with Crippen LogP contribution in [0.3, 0.4) is 0 Å². The molecule has 5 rings (SSSR count). The van der Waals surface area contributed by atoms with E-state index in [4.69, 9.17) is 5.73 Å². The van der Waals surface area contributed by atoms with Crippen LogP contribution in [0.15, 0.2) is 89.8 Å². The lowest BCUT2D eigenvalue weighted by Gasteiger charge is -2.28. The van der Waals surface area contributed by atoms with Gasteiger partial charge in [0, 0.05) is 15.8 Å². The van der Waals surface area contributed by atoms with Crippen molar-refractivity contribution >= 4 is 46.1 Å². The number of hydrogen-bond acceptors (Lipinski definition) is 4. The first-order valence-electron chi connectivity index (χ1n) is 10.8. The fourth-order valence-corrected chi connectivity index (χ4v) is 5.52. The Hall–Kier alpha value is -4.04. The Bertz CT molecular complexity index is 1350. The standard InChI is InChI=1S/C26H22N4O3S/c27-22(31)15-30-20-12-6-7-13-21(20)34-24(16-8-2-1-3-9-16)23(26(30)33)29-25(32)19-14-17-10-4-5-11-18(17)28-19/h1-14,23-24,28H,15H2,(H2,27,31)(H,29,32)/t23-,24-/m1/s1. The predicted molar refractivity (Wildman–Crippen MR) is 133 cm³/mol. The monoisotopic (exact) mass is 470 g/mol. The van der Waals surface area contributed by atoms with Crippen LogP contribution in [0, 0.1) is 0 Å². The highest BCUT2D eigenvalue weighted by molar-refractivity contribution is 7.99. The third kappa shape index (κ3) is 4.15. The van der Waals surface area contributed by atoms with E-state index >= 15 is 0 Å². The molecule has 8 heteroatoms. The van der Waals surface area contributed by atoms with Gasteiger partial charge >= 0.3 is 0 Å². The van der Waals surface area contributed by atoms with E-state index in [1.54, 1.807) is 12.1 Å². The van der Waals surface area contributed by atoms with Gasteiger partial charge in [-0.15, -0.1) is 11.8 Å². The lowest BCUT2D eigenvalue weighted by atomic mass is 10.0. The number of primary amides is 1. The average molecular weight is 471 g/mol. The number of carbonyl (C=O) groups excluding carboxylic acids is 3. The van der Waals surface area contributed by atoms with E-state index in [2.05, 4.69) is 10.3 Å². The van der Waals surface area contributed by atoms with Crippen LogP contribution in [0.25, 0.3) is 10.9 Å². The highest BCUT2D eigenvalue weighted by atomic mass is 32.2. The molecule has 0 fully saturated rings. The van der Waals surface area contributed by atoms with E-state index in [-0.39, 0.29) is 6.54 Å². The minimum absolute atomic E-state index is 0.281. The summed E-state index contributed by atoms with van der Waals surface area (Å²) in [5.74, 6) is -1.43. The van der Waals surface area contributed by atoms with Crippen LogP contribution in [-0.4, -0.2) is 35.3 Å². The zero-order valence-corrected chi connectivity index (χ0v) is 18.9. The van der Waals surface area contributed by atoms with Gasteiger partial charge in [0.05, 0.1) is 10.9 Å². The van der Waals surface area contributed by atoms with E-state index in [9.17, 15) is 14.4 Å². The normalized spacial score (nSPS) is 17.8. The van der Waals surface area contributed by atoms with Crippen LogP contribution < -0.4 is 16.0 Å². The number of fused-ring (bicyclic) bond motifs is 2. The Kier molecular flexibility index (Phi) is 5.81. The summed E-state index contributed by atoms with van der Waals surface area (Å²) in [6.07, 6.45) is 0. The highest BCUT2D eigenvalue weighted by Crippen LogP contribution is 2.45. The number of nitrogens with two attached hydrogens (primary N) is 1. The maximum absolute atomic E-state index is 13.8. The first-order chi connectivity index (χ1) is 16.5. The second-order valence-electron chi connectivity index (χ2n) is 8.03. The molecular weight excluding hydrogens is 448 g/mol. The number of amides is 3. The molecule has 0 radical (unpaired) electrons. The number of nitrogens with zero attached hydrogens (tertiary/aromatic N) is 1. The maximum atomic E-state index is 13.8. The molecule has 3 amide bonds. The van der Waals surface area contributed by atoms with Gasteiger partial charge < -0.3 is 20.9 Å². The van der Waals surface area contributed by atoms with Crippen molar-refractivity contribution in [1.29, 1.82) is 0 Å². The van der Waals surface area contributed by atoms with Gasteiger partial charge in [-0.25, -0.2) is 0 Å². The molecule has 0 saturated heterocycles. The highest BCUT2D eigenvalue weighted by Gasteiger charge is 2.40. The average Bonchev–Trinajstić information content (AvgIpc) is 3.25. The van der Waals surface area contributed by atoms with Crippen molar-refractivity contribution in [2.24, 2.45) is 5.73 Å². The van der Waals surface area contributed by atoms with Crippen molar-refractivity contribution in [3.63, 3.8) is 0 Å². The van der Waals surface area contributed by atoms with Crippen LogP contribution >= 0.6 is 11.8 Å². The lowest BCUT2D eigenvalue weighted by molar-refractivity contribution is -0.123. The lowest BCUT2D eigenvalue weighted by Crippen LogP contribution is -2.52. The number of nitrogens with one attached hydrogen (secondary N) is 2. The topological polar surface area (TPSA) is 108 Å². The maximum Gasteiger partial charge on any atom is 0.268 e. The number of H-pyrrole nitrogens is 1. The smallest absolute Gasteiger partial charge is 0.268 e. The number of benzene rings is 3. The van der Waals surface area contributed by atoms with Gasteiger partial charge in [-0.05, 0) is 29.8 Å². The van der Waals surface area contributed by atoms with Crippen LogP contribution in [0.2, 0.25) is 0 Å². The molecule has 0 aliphatic carbocycles. The number of para-hydroxylation sites is 2. The minimum atomic E-state index is -0.932. The van der Waals surface area contributed by atoms with E-state index in [0.29, 0.717) is 11.4 Å². The molecule has 4 aromatic rings. The van der Waals surface area contributed by atoms with E-state index in [0.717, 1.165) is 21.4 Å². The number of aromatic nitrogens is 1. The summed E-state index contributed by atoms with van der Waals surface area (Å²) in [4.78, 5) is 44.3. The second kappa shape index (κ2) is 9.07. The number of anilines is 1. The SMILES string of the molecule is NC(=O)CN1C(=O)[C@H](NC(=O)c2cc3ccccc3[nH]2)[C@@H](c2ccccc2)Sc2ccccc21. The van der Waals surface area contributed by atoms with Crippen LogP contribution in [0.5, 0.6) is 0 Å². The molecule has 7 nitrogen and oxygen atoms in total. The zero-order valence-electron chi connectivity index (χ0n) is 18.1. The molecule has 2 atom stereocenters. The van der Waals surface area contributed by atoms with Gasteiger partial charge in [-0.1, -0.05) is 60.7 Å². The third-order valence-corrected chi connectivity index (χ3v) is 7.15. The van der Waals surface area contributed by atoms with Gasteiger partial charge in [0.25, 0.3) is 11.8 Å². The summed E-state index contributed by atoms with van der Waals surface area (Å²) in [5, 5.41) is 3.42. The number of hydrogen-bond donors (Lipinski definition) is 3. The van der Waals surface area contributed by atoms with Crippen LogP contribution in [0.4, 0.5) is 5.69 Å². The summed E-state index contributed by atoms with van der Waals surface area (Å²) >= 11 is 1.48. The Morgan fingerprint density at radius 1 is 0.971 bits per heavy atom. The molecule has 0 unspecified atom stereocenters. The molecule has 0 bridgehead atoms. The molecule has 170 valence electrons. The third-order valence-electron chi connectivity index (χ3n) is 5.75. The van der Waals surface area contributed by atoms with Gasteiger partial charge in [-0.2, -0.15) is 0 Å². The summed E-state index contributed by atoms with van der Waals surface area (Å²) in [6.45, 7) is -0.281. The number of rotatable bonds is 5. The molecule has 0 saturated carbocycles. The minimum Gasteiger partial charge on any atom is -0.368 e. The van der Waals surface area contributed by atoms with Crippen LogP contribution in [-0.2, 0) is 9.59 Å². The molecule has 3 aromatic carbocycles. The molecule has 1 aromatic heterocycles. The summed E-state index contributed by atoms with van der Waals surface area (Å²) < 4.78 is 0. The first-order valence-corrected chi connectivity index (χ1v) is 11.7. The van der Waals surface area contributed by atoms with Crippen molar-refractivity contribution in [3.05, 3.63) is 96.2 Å². The fraction of sp³-hybridized carbons (Fsp3) is 0.115. The fourth-order valence-electron chi connectivity index (χ4n) is 4.17. The van der Waals surface area contributed by atoms with Crippen molar-refractivity contribution in [3.8, 4) is 0 Å². The van der Waals surface area contributed by atoms with Crippen molar-refractivity contribution < 1.29 is 14.4 Å². The Morgan fingerprint density at radius 3 is 2.44 bits per heavy atom. The van der Waals surface area contributed by atoms with E-state index < -0.39 is 29.0 Å². The van der Waals surface area contributed by atoms with Gasteiger partial charge in [0.1, 0.15) is 18.3 Å². The molecule has 34 heavy (non-hydrogen) atoms. The van der Waals surface area contributed by atoms with Gasteiger partial charge in [0.2, 0.25) is 5.91 Å². The van der Waals surface area contributed by atoms with Crippen molar-refractivity contribution in [2.75, 3.05) is 11.4 Å². The molecule has 0 spiro atoms. The molecular formula is C26H22N4O3S. The molecule has 2 heterocycles. The molecule has 1 aliphatic heterocycles. The molecule has 1 aliphatic rings. The first kappa shape index (κ1) is 21.8. The van der Waals surface area contributed by atoms with E-state index in [1.165, 1.54) is 16.7 Å². The van der Waals surface area contributed by atoms with Crippen LogP contribution in [0.1, 0.15) is 21.3 Å². The summed E-state index contributed by atoms with van der Waals surface area (Å²) in [5.41, 5.74) is 8.16. The van der Waals surface area contributed by atoms with E-state index in [1.807, 2.05) is 72.8 Å². The molecule has 4 N–H and O–H groups in total. The Morgan fingerprint density at radius 2 is 1.68 bits per heavy atom. The van der Waals surface area contributed by atoms with Gasteiger partial charge in [0.15, 0.2) is 0 Å². The number of carbonyl (C=O) groups is 3. The van der Waals surface area contributed by atoms with Crippen molar-refractivity contribution in [1.82, 2.24) is 10.3 Å². The summed E-state index contributed by atoms with van der Waals surface area (Å²) in [6, 6.07) is 25.3. The number of thioether (sulfide) groups is 1. The Labute approximate surface area is 200 Å². The predicted octanol–water partition coefficient (Wildman–Crippen LogP) is 3.63. The largest absolute Gasteiger partial charge is 0.368 e. The number of aromatic amines is 1. The second-order valence-corrected chi connectivity index (χ2v) is 9.21.